The molecule has 2 aromatic rings. The summed E-state index contributed by atoms with van der Waals surface area (Å²) in [5.74, 6) is -0.0242. The maximum absolute atomic E-state index is 12.6. The Morgan fingerprint density at radius 1 is 1.06 bits per heavy atom. The van der Waals surface area contributed by atoms with E-state index < -0.39 is 11.7 Å². The number of aromatic nitrogens is 1. The summed E-state index contributed by atoms with van der Waals surface area (Å²) in [4.78, 5) is 34.5. The quantitative estimate of drug-likeness (QED) is 0.592. The standard InChI is InChI=1S/C24H34N6O3/c1-28-14-16-30(17-15-28)20-7-5-6-19(18-20)27-24(32)33-22-21(8-9-26-23(22)31)25-10-13-29-11-3-2-4-12-29/h5-9,18H,2-4,10-17H2,1H3,(H,27,32)(H2,25,26,31). The molecule has 0 unspecified atom stereocenters. The van der Waals surface area contributed by atoms with Gasteiger partial charge in [0.2, 0.25) is 5.75 Å². The van der Waals surface area contributed by atoms with Gasteiger partial charge in [-0.3, -0.25) is 10.1 Å². The van der Waals surface area contributed by atoms with Gasteiger partial charge in [-0.05, 0) is 57.2 Å². The number of nitrogens with one attached hydrogen (secondary N) is 3. The molecular formula is C24H34N6O3. The highest BCUT2D eigenvalue weighted by Gasteiger charge is 2.17. The number of pyridine rings is 1. The van der Waals surface area contributed by atoms with E-state index in [0.29, 0.717) is 17.9 Å². The van der Waals surface area contributed by atoms with Crippen LogP contribution in [-0.4, -0.2) is 80.3 Å². The molecule has 3 heterocycles. The zero-order chi connectivity index (χ0) is 23.0. The molecule has 0 spiro atoms. The lowest BCUT2D eigenvalue weighted by atomic mass is 10.1. The molecule has 2 fully saturated rings. The van der Waals surface area contributed by atoms with Gasteiger partial charge in [-0.2, -0.15) is 0 Å². The van der Waals surface area contributed by atoms with Crippen molar-refractivity contribution in [2.24, 2.45) is 0 Å². The van der Waals surface area contributed by atoms with E-state index in [4.69, 9.17) is 4.74 Å². The number of rotatable bonds is 7. The van der Waals surface area contributed by atoms with Crippen molar-refractivity contribution in [1.29, 1.82) is 0 Å². The van der Waals surface area contributed by atoms with E-state index in [1.807, 2.05) is 24.3 Å². The number of hydrogen-bond acceptors (Lipinski definition) is 7. The number of piperazine rings is 1. The summed E-state index contributed by atoms with van der Waals surface area (Å²) in [6, 6.07) is 9.40. The van der Waals surface area contributed by atoms with Gasteiger partial charge in [-0.15, -0.1) is 0 Å². The zero-order valence-corrected chi connectivity index (χ0v) is 19.3. The van der Waals surface area contributed by atoms with E-state index in [1.165, 1.54) is 19.3 Å². The summed E-state index contributed by atoms with van der Waals surface area (Å²) in [5.41, 5.74) is 1.75. The van der Waals surface area contributed by atoms with Crippen LogP contribution >= 0.6 is 0 Å². The molecule has 2 aliphatic heterocycles. The second-order valence-corrected chi connectivity index (χ2v) is 8.73. The van der Waals surface area contributed by atoms with Gasteiger partial charge in [0.05, 0.1) is 5.69 Å². The van der Waals surface area contributed by atoms with Crippen LogP contribution in [0.15, 0.2) is 41.3 Å². The SMILES string of the molecule is CN1CCN(c2cccc(NC(=O)Oc3c(NCCN4CCCCC4)cc[nH]c3=O)c2)CC1. The molecule has 9 heteroatoms. The monoisotopic (exact) mass is 454 g/mol. The Balaban J connectivity index is 1.35. The number of anilines is 3. The Bertz CT molecular complexity index is 980. The minimum atomic E-state index is -0.693. The number of piperidine rings is 1. The summed E-state index contributed by atoms with van der Waals surface area (Å²) >= 11 is 0. The van der Waals surface area contributed by atoms with Crippen LogP contribution in [-0.2, 0) is 0 Å². The average Bonchev–Trinajstić information content (AvgIpc) is 2.82. The van der Waals surface area contributed by atoms with Crippen molar-refractivity contribution in [1.82, 2.24) is 14.8 Å². The molecule has 4 rings (SSSR count). The fourth-order valence-electron chi connectivity index (χ4n) is 4.32. The van der Waals surface area contributed by atoms with Crippen molar-refractivity contribution < 1.29 is 9.53 Å². The zero-order valence-electron chi connectivity index (χ0n) is 19.3. The number of nitrogens with zero attached hydrogens (tertiary/aromatic N) is 3. The topological polar surface area (TPSA) is 92.9 Å². The van der Waals surface area contributed by atoms with Crippen LogP contribution in [0.2, 0.25) is 0 Å². The highest BCUT2D eigenvalue weighted by atomic mass is 16.6. The van der Waals surface area contributed by atoms with E-state index in [0.717, 1.165) is 51.5 Å². The van der Waals surface area contributed by atoms with Gasteiger partial charge in [0.25, 0.3) is 5.56 Å². The predicted molar refractivity (Wildman–Crippen MR) is 132 cm³/mol. The van der Waals surface area contributed by atoms with Gasteiger partial charge in [0.15, 0.2) is 0 Å². The third-order valence-electron chi connectivity index (χ3n) is 6.26. The Morgan fingerprint density at radius 3 is 2.64 bits per heavy atom. The van der Waals surface area contributed by atoms with E-state index in [2.05, 4.69) is 37.4 Å². The Hall–Kier alpha value is -3.04. The number of likely N-dealkylation sites (tertiary alicyclic amines) is 1. The molecule has 2 aliphatic rings. The largest absolute Gasteiger partial charge is 0.417 e. The number of carbonyl (C=O) groups is 1. The predicted octanol–water partition coefficient (Wildman–Crippen LogP) is 2.64. The summed E-state index contributed by atoms with van der Waals surface area (Å²) in [7, 11) is 2.12. The van der Waals surface area contributed by atoms with Gasteiger partial charge in [0.1, 0.15) is 0 Å². The maximum atomic E-state index is 12.6. The molecule has 0 atom stereocenters. The molecule has 0 aliphatic carbocycles. The molecule has 0 radical (unpaired) electrons. The highest BCUT2D eigenvalue weighted by Crippen LogP contribution is 2.22. The lowest BCUT2D eigenvalue weighted by Crippen LogP contribution is -2.44. The van der Waals surface area contributed by atoms with E-state index >= 15 is 0 Å². The van der Waals surface area contributed by atoms with Crippen molar-refractivity contribution in [3.8, 4) is 5.75 Å². The molecule has 0 saturated carbocycles. The fourth-order valence-corrected chi connectivity index (χ4v) is 4.32. The van der Waals surface area contributed by atoms with Crippen LogP contribution in [0.25, 0.3) is 0 Å². The Labute approximate surface area is 194 Å². The minimum Gasteiger partial charge on any atom is -0.402 e. The number of aromatic amines is 1. The first-order chi connectivity index (χ1) is 16.1. The molecule has 1 aromatic heterocycles. The maximum Gasteiger partial charge on any atom is 0.417 e. The second kappa shape index (κ2) is 11.2. The molecular weight excluding hydrogens is 420 g/mol. The number of hydrogen-bond donors (Lipinski definition) is 3. The Kier molecular flexibility index (Phi) is 7.85. The van der Waals surface area contributed by atoms with Crippen molar-refractivity contribution in [2.45, 2.75) is 19.3 Å². The summed E-state index contributed by atoms with van der Waals surface area (Å²) in [6.45, 7) is 7.67. The lowest BCUT2D eigenvalue weighted by molar-refractivity contribution is 0.214. The highest BCUT2D eigenvalue weighted by molar-refractivity contribution is 5.87. The van der Waals surface area contributed by atoms with Crippen molar-refractivity contribution in [3.63, 3.8) is 0 Å². The third-order valence-corrected chi connectivity index (χ3v) is 6.26. The first kappa shape index (κ1) is 23.1. The summed E-state index contributed by atoms with van der Waals surface area (Å²) in [5, 5.41) is 6.00. The summed E-state index contributed by atoms with van der Waals surface area (Å²) < 4.78 is 5.43. The third kappa shape index (κ3) is 6.49. The summed E-state index contributed by atoms with van der Waals surface area (Å²) in [6.07, 6.45) is 4.62. The van der Waals surface area contributed by atoms with Crippen LogP contribution in [0.1, 0.15) is 19.3 Å². The van der Waals surface area contributed by atoms with Gasteiger partial charge in [-0.25, -0.2) is 4.79 Å². The van der Waals surface area contributed by atoms with Gasteiger partial charge >= 0.3 is 6.09 Å². The first-order valence-electron chi connectivity index (χ1n) is 11.8. The van der Waals surface area contributed by atoms with Crippen LogP contribution in [0, 0.1) is 0 Å². The molecule has 178 valence electrons. The van der Waals surface area contributed by atoms with Gasteiger partial charge in [0, 0.05) is 56.8 Å². The number of likely N-dealkylation sites (N-methyl/N-ethyl adjacent to an activating group) is 1. The molecule has 2 saturated heterocycles. The van der Waals surface area contributed by atoms with Crippen molar-refractivity contribution in [3.05, 3.63) is 46.9 Å². The molecule has 1 amide bonds. The van der Waals surface area contributed by atoms with Gasteiger partial charge < -0.3 is 29.7 Å². The number of H-pyrrole nitrogens is 1. The Morgan fingerprint density at radius 2 is 1.85 bits per heavy atom. The van der Waals surface area contributed by atoms with E-state index in [-0.39, 0.29) is 5.75 Å². The number of ether oxygens (including phenoxy) is 1. The number of benzene rings is 1. The normalized spacial score (nSPS) is 17.5. The molecule has 1 aromatic carbocycles. The smallest absolute Gasteiger partial charge is 0.402 e. The minimum absolute atomic E-state index is 0.0242. The van der Waals surface area contributed by atoms with Crippen LogP contribution < -0.4 is 25.8 Å². The van der Waals surface area contributed by atoms with Crippen LogP contribution in [0.4, 0.5) is 21.9 Å². The fraction of sp³-hybridized carbons (Fsp3) is 0.500. The number of amides is 1. The first-order valence-corrected chi connectivity index (χ1v) is 11.8. The number of carbonyl (C=O) groups excluding carboxylic acids is 1. The van der Waals surface area contributed by atoms with Gasteiger partial charge in [-0.1, -0.05) is 12.5 Å². The lowest BCUT2D eigenvalue weighted by Gasteiger charge is -2.34. The average molecular weight is 455 g/mol. The van der Waals surface area contributed by atoms with E-state index in [9.17, 15) is 9.59 Å². The molecule has 33 heavy (non-hydrogen) atoms. The van der Waals surface area contributed by atoms with Crippen molar-refractivity contribution in [2.75, 3.05) is 74.9 Å². The van der Waals surface area contributed by atoms with Crippen molar-refractivity contribution >= 4 is 23.2 Å². The molecule has 9 nitrogen and oxygen atoms in total. The second-order valence-electron chi connectivity index (χ2n) is 8.73. The molecule has 3 N–H and O–H groups in total. The van der Waals surface area contributed by atoms with E-state index in [1.54, 1.807) is 12.3 Å². The molecule has 0 bridgehead atoms. The van der Waals surface area contributed by atoms with Crippen LogP contribution in [0.3, 0.4) is 0 Å². The van der Waals surface area contributed by atoms with Crippen LogP contribution in [0.5, 0.6) is 5.75 Å².